The highest BCUT2D eigenvalue weighted by Gasteiger charge is 2.31. The van der Waals surface area contributed by atoms with Crippen LogP contribution in [0.5, 0.6) is 11.6 Å². The molecule has 30 heavy (non-hydrogen) atoms. The van der Waals surface area contributed by atoms with E-state index in [0.717, 1.165) is 60.8 Å². The second-order valence-electron chi connectivity index (χ2n) is 8.46. The Bertz CT molecular complexity index is 1090. The third-order valence-electron chi connectivity index (χ3n) is 6.09. The Hall–Kier alpha value is -2.61. The van der Waals surface area contributed by atoms with Crippen molar-refractivity contribution in [2.45, 2.75) is 50.3 Å². The normalized spacial score (nSPS) is 27.9. The SMILES string of the molecule is CC1(F)C=NC(N2CCC(Oc3ccc4c(c3)CCC4c3sc(=O)[nH]c3O)C2)=CC1. The molecule has 6 nitrogen and oxygen atoms in total. The van der Waals surface area contributed by atoms with Crippen molar-refractivity contribution >= 4 is 17.6 Å². The summed E-state index contributed by atoms with van der Waals surface area (Å²) < 4.78 is 20.1. The van der Waals surface area contributed by atoms with E-state index in [2.05, 4.69) is 27.0 Å². The van der Waals surface area contributed by atoms with Gasteiger partial charge in [-0.1, -0.05) is 17.4 Å². The fraction of sp³-hybridized carbons (Fsp3) is 0.455. The van der Waals surface area contributed by atoms with Crippen molar-refractivity contribution in [3.8, 4) is 11.6 Å². The van der Waals surface area contributed by atoms with Crippen molar-refractivity contribution in [2.75, 3.05) is 13.1 Å². The highest BCUT2D eigenvalue weighted by atomic mass is 32.1. The van der Waals surface area contributed by atoms with Gasteiger partial charge in [0.1, 0.15) is 23.3 Å². The quantitative estimate of drug-likeness (QED) is 0.777. The Morgan fingerprint density at radius 1 is 1.40 bits per heavy atom. The maximum Gasteiger partial charge on any atom is 0.307 e. The van der Waals surface area contributed by atoms with E-state index in [9.17, 15) is 14.3 Å². The minimum Gasteiger partial charge on any atom is -0.494 e. The standard InChI is InChI=1S/C22H24FN3O3S/c1-22(23)8-6-18(24-12-22)26-9-7-15(11-26)29-14-3-5-16-13(10-14)2-4-17(16)19-20(27)25-21(28)30-19/h3,5-6,10,12,15,17,27H,2,4,7-9,11H2,1H3,(H,25,28). The summed E-state index contributed by atoms with van der Waals surface area (Å²) in [7, 11) is 0. The lowest BCUT2D eigenvalue weighted by atomic mass is 10.00. The lowest BCUT2D eigenvalue weighted by Gasteiger charge is -2.24. The third kappa shape index (κ3) is 3.64. The Morgan fingerprint density at radius 2 is 2.27 bits per heavy atom. The number of hydrogen-bond acceptors (Lipinski definition) is 6. The molecule has 0 amide bonds. The van der Waals surface area contributed by atoms with Crippen LogP contribution in [0.2, 0.25) is 0 Å². The number of nitrogens with one attached hydrogen (secondary N) is 1. The van der Waals surface area contributed by atoms with E-state index in [4.69, 9.17) is 4.74 Å². The van der Waals surface area contributed by atoms with Gasteiger partial charge < -0.3 is 14.7 Å². The molecule has 1 aromatic heterocycles. The topological polar surface area (TPSA) is 77.9 Å². The van der Waals surface area contributed by atoms with E-state index in [1.165, 1.54) is 18.7 Å². The largest absolute Gasteiger partial charge is 0.494 e. The number of aliphatic imine (C=N–C) groups is 1. The van der Waals surface area contributed by atoms with Crippen molar-refractivity contribution < 1.29 is 14.2 Å². The van der Waals surface area contributed by atoms with Crippen molar-refractivity contribution in [1.82, 2.24) is 9.88 Å². The van der Waals surface area contributed by atoms with Crippen LogP contribution in [0.15, 0.2) is 39.9 Å². The number of benzene rings is 1. The maximum absolute atomic E-state index is 13.9. The predicted octanol–water partition coefficient (Wildman–Crippen LogP) is 3.72. The van der Waals surface area contributed by atoms with Crippen LogP contribution in [0.4, 0.5) is 4.39 Å². The minimum atomic E-state index is -1.35. The smallest absolute Gasteiger partial charge is 0.307 e. The van der Waals surface area contributed by atoms with Gasteiger partial charge in [-0.05, 0) is 49.1 Å². The molecule has 158 valence electrons. The van der Waals surface area contributed by atoms with Gasteiger partial charge in [0.25, 0.3) is 0 Å². The number of hydrogen-bond donors (Lipinski definition) is 2. The number of aromatic hydroxyl groups is 1. The Labute approximate surface area is 177 Å². The van der Waals surface area contributed by atoms with Crippen molar-refractivity contribution in [3.63, 3.8) is 0 Å². The number of thiazole rings is 1. The summed E-state index contributed by atoms with van der Waals surface area (Å²) in [6.07, 6.45) is 6.33. The molecule has 3 heterocycles. The number of likely N-dealkylation sites (tertiary alicyclic amines) is 1. The van der Waals surface area contributed by atoms with E-state index in [-0.39, 0.29) is 22.8 Å². The fourth-order valence-corrected chi connectivity index (χ4v) is 5.42. The molecule has 0 bridgehead atoms. The Balaban J connectivity index is 1.25. The van der Waals surface area contributed by atoms with Crippen molar-refractivity contribution in [2.24, 2.45) is 4.99 Å². The van der Waals surface area contributed by atoms with E-state index in [0.29, 0.717) is 11.3 Å². The van der Waals surface area contributed by atoms with Crippen LogP contribution in [0, 0.1) is 0 Å². The first-order valence-electron chi connectivity index (χ1n) is 10.3. The first-order valence-corrected chi connectivity index (χ1v) is 11.1. The second-order valence-corrected chi connectivity index (χ2v) is 9.47. The number of aryl methyl sites for hydroxylation is 1. The predicted molar refractivity (Wildman–Crippen MR) is 115 cm³/mol. The molecule has 1 fully saturated rings. The van der Waals surface area contributed by atoms with Gasteiger partial charge in [0.2, 0.25) is 5.88 Å². The Morgan fingerprint density at radius 3 is 3.00 bits per heavy atom. The molecule has 3 unspecified atom stereocenters. The Kier molecular flexibility index (Phi) is 4.69. The molecule has 2 aromatic rings. The number of aromatic nitrogens is 1. The van der Waals surface area contributed by atoms with Gasteiger partial charge in [-0.25, -0.2) is 9.38 Å². The van der Waals surface area contributed by atoms with Crippen LogP contribution in [0.1, 0.15) is 48.1 Å². The van der Waals surface area contributed by atoms with Crippen LogP contribution < -0.4 is 9.61 Å². The molecule has 0 saturated carbocycles. The van der Waals surface area contributed by atoms with Gasteiger partial charge in [0, 0.05) is 31.5 Å². The molecule has 5 rings (SSSR count). The van der Waals surface area contributed by atoms with Crippen molar-refractivity contribution in [1.29, 1.82) is 0 Å². The molecule has 0 radical (unpaired) electrons. The number of aromatic amines is 1. The minimum absolute atomic E-state index is 0.0121. The van der Waals surface area contributed by atoms with E-state index in [1.54, 1.807) is 0 Å². The zero-order chi connectivity index (χ0) is 20.9. The highest BCUT2D eigenvalue weighted by Crippen LogP contribution is 2.43. The summed E-state index contributed by atoms with van der Waals surface area (Å²) in [5.41, 5.74) is 1.00. The molecule has 3 atom stereocenters. The van der Waals surface area contributed by atoms with Crippen molar-refractivity contribution in [3.05, 3.63) is 55.8 Å². The molecule has 1 aromatic carbocycles. The zero-order valence-electron chi connectivity index (χ0n) is 16.7. The van der Waals surface area contributed by atoms with Gasteiger partial charge in [-0.2, -0.15) is 0 Å². The number of ether oxygens (including phenoxy) is 1. The lowest BCUT2D eigenvalue weighted by molar-refractivity contribution is 0.208. The molecular formula is C22H24FN3O3S. The van der Waals surface area contributed by atoms with Crippen LogP contribution in [-0.2, 0) is 6.42 Å². The molecule has 2 N–H and O–H groups in total. The number of alkyl halides is 1. The number of rotatable bonds is 4. The molecule has 8 heteroatoms. The molecular weight excluding hydrogens is 405 g/mol. The summed E-state index contributed by atoms with van der Waals surface area (Å²) >= 11 is 1.08. The fourth-order valence-electron chi connectivity index (χ4n) is 4.54. The van der Waals surface area contributed by atoms with Gasteiger partial charge in [-0.3, -0.25) is 9.78 Å². The number of halogens is 1. The summed E-state index contributed by atoms with van der Waals surface area (Å²) in [5.74, 6) is 1.71. The van der Waals surface area contributed by atoms with E-state index >= 15 is 0 Å². The monoisotopic (exact) mass is 429 g/mol. The van der Waals surface area contributed by atoms with E-state index in [1.807, 2.05) is 12.1 Å². The average Bonchev–Trinajstić information content (AvgIpc) is 3.40. The van der Waals surface area contributed by atoms with Gasteiger partial charge >= 0.3 is 4.87 Å². The van der Waals surface area contributed by atoms with Crippen LogP contribution in [-0.4, -0.2) is 46.1 Å². The van der Waals surface area contributed by atoms with E-state index < -0.39 is 5.67 Å². The second kappa shape index (κ2) is 7.27. The molecule has 2 aliphatic heterocycles. The zero-order valence-corrected chi connectivity index (χ0v) is 17.5. The molecule has 3 aliphatic rings. The van der Waals surface area contributed by atoms with Crippen LogP contribution in [0.25, 0.3) is 0 Å². The summed E-state index contributed by atoms with van der Waals surface area (Å²) in [4.78, 5) is 20.9. The summed E-state index contributed by atoms with van der Waals surface area (Å²) in [5, 5.41) is 10.0. The first kappa shape index (κ1) is 19.4. The number of nitrogens with zero attached hydrogens (tertiary/aromatic N) is 2. The highest BCUT2D eigenvalue weighted by molar-refractivity contribution is 7.09. The van der Waals surface area contributed by atoms with Crippen LogP contribution in [0.3, 0.4) is 0 Å². The first-order chi connectivity index (χ1) is 14.4. The maximum atomic E-state index is 13.9. The molecule has 1 saturated heterocycles. The molecule has 1 aliphatic carbocycles. The number of H-pyrrole nitrogens is 1. The van der Waals surface area contributed by atoms with Gasteiger partial charge in [0.05, 0.1) is 11.4 Å². The number of allylic oxidation sites excluding steroid dienone is 1. The summed E-state index contributed by atoms with van der Waals surface area (Å²) in [6, 6.07) is 6.10. The lowest BCUT2D eigenvalue weighted by Crippen LogP contribution is -2.28. The van der Waals surface area contributed by atoms with Crippen LogP contribution >= 0.6 is 11.3 Å². The average molecular weight is 430 g/mol. The summed E-state index contributed by atoms with van der Waals surface area (Å²) in [6.45, 7) is 3.11. The third-order valence-corrected chi connectivity index (χ3v) is 7.07. The van der Waals surface area contributed by atoms with Gasteiger partial charge in [-0.15, -0.1) is 0 Å². The van der Waals surface area contributed by atoms with Gasteiger partial charge in [0.15, 0.2) is 0 Å². The molecule has 0 spiro atoms. The number of fused-ring (bicyclic) bond motifs is 1.